The van der Waals surface area contributed by atoms with Crippen LogP contribution in [-0.2, 0) is 28.6 Å². The van der Waals surface area contributed by atoms with Gasteiger partial charge in [0.05, 0.1) is 32.6 Å². The lowest BCUT2D eigenvalue weighted by atomic mass is 10.0. The van der Waals surface area contributed by atoms with Crippen LogP contribution in [0.2, 0.25) is 0 Å². The molecular weight excluding hydrogens is 358 g/mol. The molecule has 0 saturated carbocycles. The highest BCUT2D eigenvalue weighted by molar-refractivity contribution is 6.09. The van der Waals surface area contributed by atoms with Crippen molar-refractivity contribution in [2.75, 3.05) is 26.6 Å². The first-order valence-corrected chi connectivity index (χ1v) is 8.01. The van der Waals surface area contributed by atoms with Gasteiger partial charge in [0.25, 0.3) is 0 Å². The molecule has 0 aliphatic heterocycles. The normalized spacial score (nSPS) is 9.89. The topological polar surface area (TPSA) is 125 Å². The summed E-state index contributed by atoms with van der Waals surface area (Å²) in [6.07, 6.45) is -0.225. The second-order valence-corrected chi connectivity index (χ2v) is 5.41. The van der Waals surface area contributed by atoms with Crippen LogP contribution in [0.3, 0.4) is 0 Å². The number of ether oxygens (including phenoxy) is 3. The van der Waals surface area contributed by atoms with Crippen molar-refractivity contribution in [3.63, 3.8) is 0 Å². The van der Waals surface area contributed by atoms with Crippen LogP contribution >= 0.6 is 0 Å². The van der Waals surface area contributed by atoms with Gasteiger partial charge in [-0.3, -0.25) is 19.2 Å². The summed E-state index contributed by atoms with van der Waals surface area (Å²) < 4.78 is 13.6. The zero-order valence-electron chi connectivity index (χ0n) is 15.3. The van der Waals surface area contributed by atoms with Crippen LogP contribution in [0.25, 0.3) is 0 Å². The predicted molar refractivity (Wildman–Crippen MR) is 93.2 cm³/mol. The standard InChI is InChI=1S/C18H21NO8/c1-25-16(22)6-4-5-14(20)12-9-11(18(24)27-3)7-8-13(12)19-15(21)10-17(23)26-2/h7-9H,4-6,10H2,1-3H3,(H,19,21). The molecule has 1 amide bonds. The van der Waals surface area contributed by atoms with Gasteiger partial charge in [-0.15, -0.1) is 0 Å². The van der Waals surface area contributed by atoms with E-state index in [1.165, 1.54) is 32.4 Å². The third-order valence-electron chi connectivity index (χ3n) is 3.56. The molecule has 1 rings (SSSR count). The monoisotopic (exact) mass is 379 g/mol. The Kier molecular flexibility index (Phi) is 8.64. The number of nitrogens with one attached hydrogen (secondary N) is 1. The van der Waals surface area contributed by atoms with Crippen molar-refractivity contribution in [1.82, 2.24) is 0 Å². The Hall–Kier alpha value is -3.23. The summed E-state index contributed by atoms with van der Waals surface area (Å²) in [5, 5.41) is 2.45. The number of hydrogen-bond donors (Lipinski definition) is 1. The van der Waals surface area contributed by atoms with Gasteiger partial charge < -0.3 is 19.5 Å². The molecule has 0 atom stereocenters. The van der Waals surface area contributed by atoms with Crippen LogP contribution in [0.1, 0.15) is 46.4 Å². The zero-order valence-corrected chi connectivity index (χ0v) is 15.3. The molecule has 27 heavy (non-hydrogen) atoms. The lowest BCUT2D eigenvalue weighted by molar-refractivity contribution is -0.143. The van der Waals surface area contributed by atoms with E-state index in [-0.39, 0.29) is 36.1 Å². The molecule has 0 heterocycles. The number of carbonyl (C=O) groups is 5. The average molecular weight is 379 g/mol. The van der Waals surface area contributed by atoms with E-state index in [0.717, 1.165) is 7.11 Å². The first-order valence-electron chi connectivity index (χ1n) is 8.01. The van der Waals surface area contributed by atoms with Crippen LogP contribution in [0.4, 0.5) is 5.69 Å². The Morgan fingerprint density at radius 1 is 0.889 bits per heavy atom. The minimum Gasteiger partial charge on any atom is -0.469 e. The van der Waals surface area contributed by atoms with Crippen molar-refractivity contribution >= 4 is 35.3 Å². The third kappa shape index (κ3) is 6.89. The summed E-state index contributed by atoms with van der Waals surface area (Å²) in [4.78, 5) is 58.5. The molecule has 0 fully saturated rings. The van der Waals surface area contributed by atoms with Crippen molar-refractivity contribution in [1.29, 1.82) is 0 Å². The van der Waals surface area contributed by atoms with Gasteiger partial charge in [0.2, 0.25) is 5.91 Å². The van der Waals surface area contributed by atoms with Gasteiger partial charge in [0.15, 0.2) is 5.78 Å². The number of rotatable bonds is 9. The van der Waals surface area contributed by atoms with E-state index < -0.39 is 36.0 Å². The summed E-state index contributed by atoms with van der Waals surface area (Å²) >= 11 is 0. The molecule has 0 unspecified atom stereocenters. The number of Topliss-reactive ketones (excluding diaryl/α,β-unsaturated/α-hetero) is 1. The molecule has 0 aromatic heterocycles. The molecule has 0 radical (unpaired) electrons. The molecule has 9 heteroatoms. The summed E-state index contributed by atoms with van der Waals surface area (Å²) in [6.45, 7) is 0. The second kappa shape index (κ2) is 10.7. The number of carbonyl (C=O) groups excluding carboxylic acids is 5. The Bertz CT molecular complexity index is 741. The third-order valence-corrected chi connectivity index (χ3v) is 3.56. The fraction of sp³-hybridized carbons (Fsp3) is 0.389. The molecule has 0 aliphatic rings. The Morgan fingerprint density at radius 3 is 2.15 bits per heavy atom. The summed E-state index contributed by atoms with van der Waals surface area (Å²) in [7, 11) is 3.60. The fourth-order valence-corrected chi connectivity index (χ4v) is 2.16. The SMILES string of the molecule is COC(=O)CCCC(=O)c1cc(C(=O)OC)ccc1NC(=O)CC(=O)OC. The summed E-state index contributed by atoms with van der Waals surface area (Å²) in [5.41, 5.74) is 0.334. The molecule has 9 nitrogen and oxygen atoms in total. The lowest BCUT2D eigenvalue weighted by Gasteiger charge is -2.12. The van der Waals surface area contributed by atoms with Crippen LogP contribution in [0.15, 0.2) is 18.2 Å². The Morgan fingerprint density at radius 2 is 1.56 bits per heavy atom. The molecule has 0 spiro atoms. The zero-order chi connectivity index (χ0) is 20.4. The van der Waals surface area contributed by atoms with Gasteiger partial charge in [0, 0.05) is 18.4 Å². The van der Waals surface area contributed by atoms with Crippen LogP contribution in [-0.4, -0.2) is 50.9 Å². The maximum Gasteiger partial charge on any atom is 0.337 e. The first-order chi connectivity index (χ1) is 12.8. The maximum absolute atomic E-state index is 12.5. The smallest absolute Gasteiger partial charge is 0.337 e. The lowest BCUT2D eigenvalue weighted by Crippen LogP contribution is -2.19. The van der Waals surface area contributed by atoms with Crippen LogP contribution < -0.4 is 5.32 Å². The van der Waals surface area contributed by atoms with Crippen molar-refractivity contribution < 1.29 is 38.2 Å². The predicted octanol–water partition coefficient (Wildman–Crippen LogP) is 1.50. The maximum atomic E-state index is 12.5. The molecule has 1 aromatic carbocycles. The minimum atomic E-state index is -0.732. The summed E-state index contributed by atoms with van der Waals surface area (Å²) in [6, 6.07) is 4.04. The summed E-state index contributed by atoms with van der Waals surface area (Å²) in [5.74, 6) is -2.89. The number of ketones is 1. The number of anilines is 1. The van der Waals surface area contributed by atoms with Crippen molar-refractivity contribution in [3.05, 3.63) is 29.3 Å². The molecule has 0 aliphatic carbocycles. The highest BCUT2D eigenvalue weighted by atomic mass is 16.5. The minimum absolute atomic E-state index is 0.000399. The van der Waals surface area contributed by atoms with E-state index in [1.807, 2.05) is 0 Å². The van der Waals surface area contributed by atoms with E-state index in [2.05, 4.69) is 19.5 Å². The number of amides is 1. The van der Waals surface area contributed by atoms with Gasteiger partial charge in [-0.2, -0.15) is 0 Å². The number of benzene rings is 1. The number of hydrogen-bond acceptors (Lipinski definition) is 8. The van der Waals surface area contributed by atoms with Gasteiger partial charge in [-0.1, -0.05) is 0 Å². The van der Waals surface area contributed by atoms with E-state index in [1.54, 1.807) is 0 Å². The van der Waals surface area contributed by atoms with E-state index in [0.29, 0.717) is 0 Å². The average Bonchev–Trinajstić information content (AvgIpc) is 2.66. The van der Waals surface area contributed by atoms with Crippen molar-refractivity contribution in [2.24, 2.45) is 0 Å². The van der Waals surface area contributed by atoms with Gasteiger partial charge in [-0.05, 0) is 24.6 Å². The molecule has 0 saturated heterocycles. The van der Waals surface area contributed by atoms with E-state index in [9.17, 15) is 24.0 Å². The largest absolute Gasteiger partial charge is 0.469 e. The van der Waals surface area contributed by atoms with E-state index >= 15 is 0 Å². The number of esters is 3. The highest BCUT2D eigenvalue weighted by Gasteiger charge is 2.18. The second-order valence-electron chi connectivity index (χ2n) is 5.41. The Labute approximate surface area is 156 Å². The molecular formula is C18H21NO8. The Balaban J connectivity index is 3.02. The molecule has 146 valence electrons. The quantitative estimate of drug-likeness (QED) is 0.296. The molecule has 0 bridgehead atoms. The van der Waals surface area contributed by atoms with Gasteiger partial charge in [-0.25, -0.2) is 4.79 Å². The van der Waals surface area contributed by atoms with Gasteiger partial charge >= 0.3 is 17.9 Å². The number of methoxy groups -OCH3 is 3. The van der Waals surface area contributed by atoms with Gasteiger partial charge in [0.1, 0.15) is 6.42 Å². The van der Waals surface area contributed by atoms with Crippen LogP contribution in [0, 0.1) is 0 Å². The van der Waals surface area contributed by atoms with Crippen LogP contribution in [0.5, 0.6) is 0 Å². The van der Waals surface area contributed by atoms with E-state index in [4.69, 9.17) is 0 Å². The van der Waals surface area contributed by atoms with Crippen molar-refractivity contribution in [2.45, 2.75) is 25.7 Å². The molecule has 1 aromatic rings. The molecule has 1 N–H and O–H groups in total. The first kappa shape index (κ1) is 21.8. The van der Waals surface area contributed by atoms with Crippen molar-refractivity contribution in [3.8, 4) is 0 Å². The highest BCUT2D eigenvalue weighted by Crippen LogP contribution is 2.21. The fourth-order valence-electron chi connectivity index (χ4n) is 2.16.